The van der Waals surface area contributed by atoms with Gasteiger partial charge in [0.2, 0.25) is 17.8 Å². The number of nitrogens with two attached hydrogens (primary N) is 1. The van der Waals surface area contributed by atoms with E-state index >= 15 is 0 Å². The summed E-state index contributed by atoms with van der Waals surface area (Å²) in [4.78, 5) is 32.2. The van der Waals surface area contributed by atoms with Gasteiger partial charge in [0.1, 0.15) is 11.6 Å². The maximum atomic E-state index is 11.3. The van der Waals surface area contributed by atoms with E-state index in [1.54, 1.807) is 11.0 Å². The van der Waals surface area contributed by atoms with Gasteiger partial charge in [-0.3, -0.25) is 14.9 Å². The number of imide groups is 1. The van der Waals surface area contributed by atoms with Gasteiger partial charge in [-0.05, 0) is 6.92 Å². The van der Waals surface area contributed by atoms with E-state index in [2.05, 4.69) is 20.6 Å². The van der Waals surface area contributed by atoms with Crippen LogP contribution in [0.25, 0.3) is 0 Å². The molecule has 4 N–H and O–H groups in total. The van der Waals surface area contributed by atoms with Crippen LogP contribution < -0.4 is 21.3 Å². The first kappa shape index (κ1) is 12.1. The van der Waals surface area contributed by atoms with Crippen molar-refractivity contribution >= 4 is 29.4 Å². The van der Waals surface area contributed by atoms with Gasteiger partial charge in [0.25, 0.3) is 0 Å². The van der Waals surface area contributed by atoms with Gasteiger partial charge in [-0.1, -0.05) is 0 Å². The SMILES string of the molecule is CCNc1cc(N2CC(=O)NC(=O)C2)nc(N)n1. The van der Waals surface area contributed by atoms with Crippen LogP contribution in [0.4, 0.5) is 17.6 Å². The van der Waals surface area contributed by atoms with Gasteiger partial charge in [0.05, 0.1) is 13.1 Å². The average Bonchev–Trinajstić information content (AvgIpc) is 2.27. The van der Waals surface area contributed by atoms with Crippen LogP contribution in [-0.4, -0.2) is 41.4 Å². The zero-order chi connectivity index (χ0) is 13.1. The monoisotopic (exact) mass is 250 g/mol. The number of carbonyl (C=O) groups is 2. The smallest absolute Gasteiger partial charge is 0.246 e. The van der Waals surface area contributed by atoms with E-state index in [1.807, 2.05) is 6.92 Å². The molecule has 0 aromatic carbocycles. The Morgan fingerprint density at radius 3 is 2.67 bits per heavy atom. The lowest BCUT2D eigenvalue weighted by Crippen LogP contribution is -2.51. The van der Waals surface area contributed by atoms with Crippen LogP contribution in [0.2, 0.25) is 0 Å². The summed E-state index contributed by atoms with van der Waals surface area (Å²) in [5.74, 6) is 0.420. The predicted molar refractivity (Wildman–Crippen MR) is 66.0 cm³/mol. The van der Waals surface area contributed by atoms with Crippen molar-refractivity contribution in [2.75, 3.05) is 35.6 Å². The minimum atomic E-state index is -0.353. The van der Waals surface area contributed by atoms with E-state index in [0.29, 0.717) is 18.2 Å². The highest BCUT2D eigenvalue weighted by molar-refractivity contribution is 6.02. The van der Waals surface area contributed by atoms with Crippen LogP contribution >= 0.6 is 0 Å². The number of anilines is 3. The fourth-order valence-electron chi connectivity index (χ4n) is 1.69. The molecular formula is C10H14N6O2. The number of rotatable bonds is 3. The molecule has 8 nitrogen and oxygen atoms in total. The average molecular weight is 250 g/mol. The van der Waals surface area contributed by atoms with Crippen molar-refractivity contribution < 1.29 is 9.59 Å². The summed E-state index contributed by atoms with van der Waals surface area (Å²) in [5, 5.41) is 5.23. The van der Waals surface area contributed by atoms with Gasteiger partial charge in [-0.2, -0.15) is 9.97 Å². The van der Waals surface area contributed by atoms with Crippen molar-refractivity contribution in [1.29, 1.82) is 0 Å². The number of nitrogens with one attached hydrogen (secondary N) is 2. The molecule has 1 aliphatic rings. The molecule has 0 saturated carbocycles. The van der Waals surface area contributed by atoms with E-state index in [-0.39, 0.29) is 30.9 Å². The van der Waals surface area contributed by atoms with Crippen LogP contribution in [0.15, 0.2) is 6.07 Å². The van der Waals surface area contributed by atoms with Crippen molar-refractivity contribution in [1.82, 2.24) is 15.3 Å². The van der Waals surface area contributed by atoms with Crippen molar-refractivity contribution in [3.8, 4) is 0 Å². The lowest BCUT2D eigenvalue weighted by molar-refractivity contribution is -0.130. The fraction of sp³-hybridized carbons (Fsp3) is 0.400. The van der Waals surface area contributed by atoms with Gasteiger partial charge in [0.15, 0.2) is 0 Å². The second-order valence-electron chi connectivity index (χ2n) is 3.83. The Labute approximate surface area is 104 Å². The third-order valence-electron chi connectivity index (χ3n) is 2.36. The molecule has 18 heavy (non-hydrogen) atoms. The zero-order valence-corrected chi connectivity index (χ0v) is 9.93. The van der Waals surface area contributed by atoms with Gasteiger partial charge in [-0.15, -0.1) is 0 Å². The largest absolute Gasteiger partial charge is 0.370 e. The first-order chi connectivity index (χ1) is 8.58. The maximum Gasteiger partial charge on any atom is 0.246 e. The van der Waals surface area contributed by atoms with Crippen LogP contribution in [-0.2, 0) is 9.59 Å². The van der Waals surface area contributed by atoms with Gasteiger partial charge >= 0.3 is 0 Å². The summed E-state index contributed by atoms with van der Waals surface area (Å²) >= 11 is 0. The Balaban J connectivity index is 2.26. The molecule has 8 heteroatoms. The Morgan fingerprint density at radius 2 is 2.06 bits per heavy atom. The first-order valence-corrected chi connectivity index (χ1v) is 5.54. The molecular weight excluding hydrogens is 236 g/mol. The summed E-state index contributed by atoms with van der Waals surface area (Å²) in [6, 6.07) is 1.66. The topological polar surface area (TPSA) is 113 Å². The highest BCUT2D eigenvalue weighted by atomic mass is 16.2. The third-order valence-corrected chi connectivity index (χ3v) is 2.36. The minimum absolute atomic E-state index is 0.0771. The predicted octanol–water partition coefficient (Wildman–Crippen LogP) is -1.05. The Morgan fingerprint density at radius 1 is 1.39 bits per heavy atom. The number of carbonyl (C=O) groups excluding carboxylic acids is 2. The number of piperazine rings is 1. The highest BCUT2D eigenvalue weighted by Crippen LogP contribution is 2.17. The Bertz CT molecular complexity index is 473. The molecule has 2 rings (SSSR count). The molecule has 1 aromatic rings. The second-order valence-corrected chi connectivity index (χ2v) is 3.83. The molecule has 2 amide bonds. The van der Waals surface area contributed by atoms with Crippen LogP contribution in [0, 0.1) is 0 Å². The van der Waals surface area contributed by atoms with E-state index < -0.39 is 0 Å². The molecule has 0 unspecified atom stereocenters. The summed E-state index contributed by atoms with van der Waals surface area (Å²) < 4.78 is 0. The normalized spacial score (nSPS) is 15.5. The van der Waals surface area contributed by atoms with Crippen LogP contribution in [0.1, 0.15) is 6.92 Å². The molecule has 0 aliphatic carbocycles. The molecule has 0 spiro atoms. The summed E-state index contributed by atoms with van der Waals surface area (Å²) in [6.07, 6.45) is 0. The number of hydrogen-bond donors (Lipinski definition) is 3. The third kappa shape index (κ3) is 2.65. The van der Waals surface area contributed by atoms with Crippen molar-refractivity contribution in [3.63, 3.8) is 0 Å². The standard InChI is InChI=1S/C10H14N6O2/c1-2-12-6-3-7(14-10(11)13-6)16-4-8(17)15-9(18)5-16/h3H,2,4-5H2,1H3,(H,15,17,18)(H3,11,12,13,14). The molecule has 1 saturated heterocycles. The molecule has 0 atom stereocenters. The number of nitrogen functional groups attached to an aromatic ring is 1. The van der Waals surface area contributed by atoms with Crippen molar-refractivity contribution in [2.24, 2.45) is 0 Å². The van der Waals surface area contributed by atoms with Crippen molar-refractivity contribution in [2.45, 2.75) is 6.92 Å². The number of amides is 2. The quantitative estimate of drug-likeness (QED) is 0.587. The lowest BCUT2D eigenvalue weighted by atomic mass is 10.3. The van der Waals surface area contributed by atoms with Crippen LogP contribution in [0.3, 0.4) is 0 Å². The zero-order valence-electron chi connectivity index (χ0n) is 9.93. The molecule has 1 aliphatic heterocycles. The lowest BCUT2D eigenvalue weighted by Gasteiger charge is -2.26. The molecule has 96 valence electrons. The van der Waals surface area contributed by atoms with Gasteiger partial charge in [-0.25, -0.2) is 0 Å². The molecule has 0 bridgehead atoms. The molecule has 1 fully saturated rings. The minimum Gasteiger partial charge on any atom is -0.370 e. The molecule has 2 heterocycles. The number of hydrogen-bond acceptors (Lipinski definition) is 7. The fourth-order valence-corrected chi connectivity index (χ4v) is 1.69. The molecule has 1 aromatic heterocycles. The van der Waals surface area contributed by atoms with E-state index in [1.165, 1.54) is 0 Å². The summed E-state index contributed by atoms with van der Waals surface area (Å²) in [6.45, 7) is 2.77. The van der Waals surface area contributed by atoms with E-state index in [0.717, 1.165) is 0 Å². The Hall–Kier alpha value is -2.38. The number of nitrogens with zero attached hydrogens (tertiary/aromatic N) is 3. The first-order valence-electron chi connectivity index (χ1n) is 5.54. The Kier molecular flexibility index (Phi) is 3.26. The maximum absolute atomic E-state index is 11.3. The van der Waals surface area contributed by atoms with Crippen molar-refractivity contribution in [3.05, 3.63) is 6.07 Å². The van der Waals surface area contributed by atoms with E-state index in [4.69, 9.17) is 5.73 Å². The summed E-state index contributed by atoms with van der Waals surface area (Å²) in [7, 11) is 0. The summed E-state index contributed by atoms with van der Waals surface area (Å²) in [5.41, 5.74) is 5.59. The highest BCUT2D eigenvalue weighted by Gasteiger charge is 2.24. The van der Waals surface area contributed by atoms with E-state index in [9.17, 15) is 9.59 Å². The van der Waals surface area contributed by atoms with Gasteiger partial charge in [0, 0.05) is 12.6 Å². The van der Waals surface area contributed by atoms with Gasteiger partial charge < -0.3 is 16.0 Å². The molecule has 0 radical (unpaired) electrons. The second kappa shape index (κ2) is 4.86. The number of aromatic nitrogens is 2. The van der Waals surface area contributed by atoms with Crippen LogP contribution in [0.5, 0.6) is 0 Å².